The molecule has 3 rings (SSSR count). The Morgan fingerprint density at radius 2 is 2.08 bits per heavy atom. The Labute approximate surface area is 223 Å². The third-order valence-electron chi connectivity index (χ3n) is 5.28. The van der Waals surface area contributed by atoms with Crippen molar-refractivity contribution in [2.24, 2.45) is 22.4 Å². The first-order chi connectivity index (χ1) is 17.8. The molecule has 1 aromatic heterocycles. The number of nitrogens with two attached hydrogens (primary N) is 2. The van der Waals surface area contributed by atoms with E-state index in [0.717, 1.165) is 47.7 Å². The van der Waals surface area contributed by atoms with Crippen molar-refractivity contribution in [3.8, 4) is 0 Å². The molecule has 0 radical (unpaired) electrons. The van der Waals surface area contributed by atoms with Crippen molar-refractivity contribution in [3.05, 3.63) is 65.1 Å². The summed E-state index contributed by atoms with van der Waals surface area (Å²) in [6, 6.07) is 8.03. The lowest BCUT2D eigenvalue weighted by Crippen LogP contribution is -2.32. The molecule has 0 bridgehead atoms. The van der Waals surface area contributed by atoms with E-state index in [1.807, 2.05) is 30.0 Å². The second-order valence-electron chi connectivity index (χ2n) is 8.32. The first-order valence-electron chi connectivity index (χ1n) is 12.1. The highest BCUT2D eigenvalue weighted by Crippen LogP contribution is 2.22. The van der Waals surface area contributed by atoms with E-state index in [4.69, 9.17) is 16.9 Å². The fraction of sp³-hybridized carbons (Fsp3) is 0.370. The van der Waals surface area contributed by atoms with Gasteiger partial charge in [-0.05, 0) is 61.2 Å². The lowest BCUT2D eigenvalue weighted by Gasteiger charge is -2.27. The molecule has 0 aliphatic carbocycles. The highest BCUT2D eigenvalue weighted by Gasteiger charge is 2.13. The standard InChI is InChI=1S/C11H11N3S.C9H15N3O.C7H13NO/c1-13-9(6-7-12)11-14-8-4-2-3-5-10(8)15-11;1-3-8(5-10)4-9(6-11)12-7(2)13;1-7-3-2-4-8(5-7)6-9/h2-7H,12H2,1H3;4-6,10H,3,11H2,1-2H3,(H,12,13);6-7H,2-5H2,1H3/b7-6-,13-9?;8-4-,9-6+,10-5?;/t;;7-/m..0/s1. The number of carbonyl (C=O) groups is 2. The Morgan fingerprint density at radius 1 is 1.35 bits per heavy atom. The molecular formula is C27H39N7O2S. The molecule has 6 N–H and O–H groups in total. The van der Waals surface area contributed by atoms with Crippen LogP contribution in [0.4, 0.5) is 0 Å². The summed E-state index contributed by atoms with van der Waals surface area (Å²) >= 11 is 1.62. The second-order valence-corrected chi connectivity index (χ2v) is 9.35. The van der Waals surface area contributed by atoms with Crippen LogP contribution in [0.15, 0.2) is 65.1 Å². The minimum absolute atomic E-state index is 0.173. The monoisotopic (exact) mass is 525 g/mol. The number of amides is 2. The predicted molar refractivity (Wildman–Crippen MR) is 155 cm³/mol. The zero-order valence-electron chi connectivity index (χ0n) is 22.1. The van der Waals surface area contributed by atoms with Gasteiger partial charge in [0.15, 0.2) is 0 Å². The van der Waals surface area contributed by atoms with E-state index in [1.54, 1.807) is 30.5 Å². The van der Waals surface area contributed by atoms with Gasteiger partial charge in [-0.25, -0.2) is 4.98 Å². The average Bonchev–Trinajstić information content (AvgIpc) is 3.34. The van der Waals surface area contributed by atoms with Gasteiger partial charge in [0, 0.05) is 39.5 Å². The van der Waals surface area contributed by atoms with Crippen molar-refractivity contribution in [3.63, 3.8) is 0 Å². The van der Waals surface area contributed by atoms with Gasteiger partial charge in [0.05, 0.1) is 21.6 Å². The molecule has 9 nitrogen and oxygen atoms in total. The number of rotatable bonds is 7. The normalized spacial score (nSPS) is 16.4. The fourth-order valence-electron chi connectivity index (χ4n) is 3.41. The molecule has 1 fully saturated rings. The SMILES string of the molecule is CC/C(C=N)=C/C(=C\N)NC(C)=O.CN=C(/C=C\N)c1nc2ccccc2s1.C[C@H]1CCCN(C=O)C1. The van der Waals surface area contributed by atoms with Gasteiger partial charge in [-0.15, -0.1) is 11.3 Å². The van der Waals surface area contributed by atoms with Gasteiger partial charge in [-0.1, -0.05) is 26.0 Å². The van der Waals surface area contributed by atoms with Crippen LogP contribution in [0, 0.1) is 11.3 Å². The summed E-state index contributed by atoms with van der Waals surface area (Å²) in [6.45, 7) is 7.46. The van der Waals surface area contributed by atoms with Crippen molar-refractivity contribution in [1.82, 2.24) is 15.2 Å². The number of likely N-dealkylation sites (tertiary alicyclic amines) is 1. The molecule has 1 aliphatic heterocycles. The Morgan fingerprint density at radius 3 is 2.57 bits per heavy atom. The van der Waals surface area contributed by atoms with Crippen LogP contribution in [-0.4, -0.2) is 54.3 Å². The molecule has 0 saturated carbocycles. The number of fused-ring (bicyclic) bond motifs is 1. The van der Waals surface area contributed by atoms with Gasteiger partial charge in [-0.2, -0.15) is 0 Å². The molecule has 0 spiro atoms. The van der Waals surface area contributed by atoms with E-state index in [1.165, 1.54) is 43.1 Å². The van der Waals surface area contributed by atoms with Gasteiger partial charge < -0.3 is 27.1 Å². The Bertz CT molecular complexity index is 1100. The Hall–Kier alpha value is -3.79. The Balaban J connectivity index is 0.000000287. The van der Waals surface area contributed by atoms with Crippen LogP contribution in [0.5, 0.6) is 0 Å². The number of aliphatic imine (C=N–C) groups is 1. The summed E-state index contributed by atoms with van der Waals surface area (Å²) in [6.07, 6.45) is 11.6. The maximum absolute atomic E-state index is 10.7. The molecular weight excluding hydrogens is 486 g/mol. The number of nitrogens with zero attached hydrogens (tertiary/aromatic N) is 3. The third-order valence-corrected chi connectivity index (χ3v) is 6.34. The number of hydrogen-bond acceptors (Lipinski definition) is 8. The number of piperidine rings is 1. The lowest BCUT2D eigenvalue weighted by atomic mass is 10.0. The number of carbonyl (C=O) groups excluding carboxylic acids is 2. The molecule has 10 heteroatoms. The van der Waals surface area contributed by atoms with Gasteiger partial charge >= 0.3 is 0 Å². The van der Waals surface area contributed by atoms with E-state index in [0.29, 0.717) is 11.6 Å². The molecule has 200 valence electrons. The summed E-state index contributed by atoms with van der Waals surface area (Å²) in [5.41, 5.74) is 13.8. The number of benzene rings is 1. The van der Waals surface area contributed by atoms with Gasteiger partial charge in [0.25, 0.3) is 0 Å². The topological polar surface area (TPSA) is 151 Å². The second kappa shape index (κ2) is 17.6. The summed E-state index contributed by atoms with van der Waals surface area (Å²) in [5, 5.41) is 10.5. The summed E-state index contributed by atoms with van der Waals surface area (Å²) in [7, 11) is 1.74. The van der Waals surface area contributed by atoms with E-state index < -0.39 is 0 Å². The average molecular weight is 526 g/mol. The van der Waals surface area contributed by atoms with E-state index in [2.05, 4.69) is 28.3 Å². The lowest BCUT2D eigenvalue weighted by molar-refractivity contribution is -0.120. The van der Waals surface area contributed by atoms with Crippen molar-refractivity contribution < 1.29 is 9.59 Å². The van der Waals surface area contributed by atoms with E-state index >= 15 is 0 Å². The Kier molecular flexibility index (Phi) is 14.9. The summed E-state index contributed by atoms with van der Waals surface area (Å²) < 4.78 is 1.17. The van der Waals surface area contributed by atoms with Gasteiger partial charge in [0.2, 0.25) is 12.3 Å². The number of aromatic nitrogens is 1. The largest absolute Gasteiger partial charge is 0.405 e. The highest BCUT2D eigenvalue weighted by molar-refractivity contribution is 7.20. The molecule has 1 atom stereocenters. The minimum Gasteiger partial charge on any atom is -0.405 e. The van der Waals surface area contributed by atoms with Gasteiger partial charge in [0.1, 0.15) is 5.01 Å². The number of nitrogens with one attached hydrogen (secondary N) is 2. The molecule has 37 heavy (non-hydrogen) atoms. The molecule has 2 aromatic rings. The van der Waals surface area contributed by atoms with Crippen LogP contribution >= 0.6 is 11.3 Å². The maximum Gasteiger partial charge on any atom is 0.221 e. The van der Waals surface area contributed by atoms with Crippen LogP contribution in [0.3, 0.4) is 0 Å². The van der Waals surface area contributed by atoms with Crippen LogP contribution in [0.25, 0.3) is 10.2 Å². The van der Waals surface area contributed by atoms with Crippen LogP contribution < -0.4 is 16.8 Å². The molecule has 1 aromatic carbocycles. The number of para-hydroxylation sites is 1. The smallest absolute Gasteiger partial charge is 0.221 e. The zero-order chi connectivity index (χ0) is 27.6. The number of allylic oxidation sites excluding steroid dienone is 3. The van der Waals surface area contributed by atoms with Crippen LogP contribution in [-0.2, 0) is 9.59 Å². The molecule has 2 heterocycles. The molecule has 0 unspecified atom stereocenters. The van der Waals surface area contributed by atoms with Crippen molar-refractivity contribution >= 4 is 45.8 Å². The fourth-order valence-corrected chi connectivity index (χ4v) is 4.39. The molecule has 1 aliphatic rings. The van der Waals surface area contributed by atoms with Crippen molar-refractivity contribution in [1.29, 1.82) is 5.41 Å². The quantitative estimate of drug-likeness (QED) is 0.245. The minimum atomic E-state index is -0.173. The van der Waals surface area contributed by atoms with Crippen LogP contribution in [0.1, 0.15) is 45.0 Å². The highest BCUT2D eigenvalue weighted by atomic mass is 32.1. The number of hydrogen-bond donors (Lipinski definition) is 4. The van der Waals surface area contributed by atoms with Gasteiger partial charge in [-0.3, -0.25) is 14.6 Å². The van der Waals surface area contributed by atoms with Crippen LogP contribution in [0.2, 0.25) is 0 Å². The van der Waals surface area contributed by atoms with Crippen molar-refractivity contribution in [2.45, 2.75) is 40.0 Å². The van der Waals surface area contributed by atoms with Crippen molar-refractivity contribution in [2.75, 3.05) is 20.1 Å². The molecule has 1 saturated heterocycles. The summed E-state index contributed by atoms with van der Waals surface area (Å²) in [4.78, 5) is 31.4. The molecule has 2 amide bonds. The zero-order valence-corrected chi connectivity index (χ0v) is 22.9. The maximum atomic E-state index is 10.7. The third kappa shape index (κ3) is 11.7. The predicted octanol–water partition coefficient (Wildman–Crippen LogP) is 3.97. The number of thiazole rings is 1. The summed E-state index contributed by atoms with van der Waals surface area (Å²) in [5.74, 6) is 0.539. The first-order valence-corrected chi connectivity index (χ1v) is 12.9. The van der Waals surface area contributed by atoms with E-state index in [-0.39, 0.29) is 5.91 Å². The van der Waals surface area contributed by atoms with E-state index in [9.17, 15) is 9.59 Å². The first kappa shape index (κ1) is 31.2.